The monoisotopic (exact) mass is 305 g/mol. The molecule has 1 aliphatic rings. The molecule has 1 aromatic carbocycles. The Morgan fingerprint density at radius 1 is 1.23 bits per heavy atom. The second-order valence-corrected chi connectivity index (χ2v) is 5.85. The van der Waals surface area contributed by atoms with Crippen molar-refractivity contribution < 1.29 is 14.3 Å². The van der Waals surface area contributed by atoms with Gasteiger partial charge in [0.2, 0.25) is 5.91 Å². The third-order valence-corrected chi connectivity index (χ3v) is 4.40. The number of hydrogen-bond acceptors (Lipinski definition) is 3. The maximum atomic E-state index is 11.9. The highest BCUT2D eigenvalue weighted by Gasteiger charge is 2.22. The number of benzene rings is 1. The van der Waals surface area contributed by atoms with Crippen LogP contribution < -0.4 is 4.74 Å². The van der Waals surface area contributed by atoms with Crippen LogP contribution in [0.4, 0.5) is 0 Å². The number of piperidine rings is 1. The van der Waals surface area contributed by atoms with Crippen molar-refractivity contribution in [2.24, 2.45) is 5.92 Å². The SMILES string of the molecule is CCOCC(=O)N1CCC(CCc2ccc(OC)cc2)CC1. The highest BCUT2D eigenvalue weighted by atomic mass is 16.5. The summed E-state index contributed by atoms with van der Waals surface area (Å²) in [5.74, 6) is 1.76. The van der Waals surface area contributed by atoms with Gasteiger partial charge < -0.3 is 14.4 Å². The van der Waals surface area contributed by atoms with E-state index < -0.39 is 0 Å². The Hall–Kier alpha value is -1.55. The average Bonchev–Trinajstić information content (AvgIpc) is 2.58. The van der Waals surface area contributed by atoms with Crippen LogP contribution in [-0.2, 0) is 16.0 Å². The van der Waals surface area contributed by atoms with E-state index in [1.54, 1.807) is 7.11 Å². The summed E-state index contributed by atoms with van der Waals surface area (Å²) in [6, 6.07) is 8.31. The molecule has 0 aliphatic carbocycles. The molecule has 4 nitrogen and oxygen atoms in total. The normalized spacial score (nSPS) is 15.8. The first-order valence-corrected chi connectivity index (χ1v) is 8.21. The number of carbonyl (C=O) groups excluding carboxylic acids is 1. The van der Waals surface area contributed by atoms with Crippen LogP contribution >= 0.6 is 0 Å². The van der Waals surface area contributed by atoms with Gasteiger partial charge >= 0.3 is 0 Å². The van der Waals surface area contributed by atoms with Gasteiger partial charge in [-0.15, -0.1) is 0 Å². The van der Waals surface area contributed by atoms with Crippen molar-refractivity contribution >= 4 is 5.91 Å². The second kappa shape index (κ2) is 8.79. The summed E-state index contributed by atoms with van der Waals surface area (Å²) < 4.78 is 10.4. The summed E-state index contributed by atoms with van der Waals surface area (Å²) in [5, 5.41) is 0. The molecule has 1 aliphatic heterocycles. The Kier molecular flexibility index (Phi) is 6.72. The summed E-state index contributed by atoms with van der Waals surface area (Å²) in [6.07, 6.45) is 4.50. The first-order chi connectivity index (χ1) is 10.7. The molecule has 0 N–H and O–H groups in total. The van der Waals surface area contributed by atoms with Crippen LogP contribution in [0.1, 0.15) is 31.7 Å². The molecular weight excluding hydrogens is 278 g/mol. The minimum Gasteiger partial charge on any atom is -0.497 e. The van der Waals surface area contributed by atoms with Crippen LogP contribution in [0.3, 0.4) is 0 Å². The van der Waals surface area contributed by atoms with Gasteiger partial charge in [0.1, 0.15) is 12.4 Å². The fourth-order valence-corrected chi connectivity index (χ4v) is 2.91. The average molecular weight is 305 g/mol. The molecule has 0 saturated carbocycles. The van der Waals surface area contributed by atoms with E-state index in [4.69, 9.17) is 9.47 Å². The molecule has 1 saturated heterocycles. The zero-order valence-corrected chi connectivity index (χ0v) is 13.7. The number of methoxy groups -OCH3 is 1. The van der Waals surface area contributed by atoms with Crippen molar-refractivity contribution in [3.8, 4) is 5.75 Å². The van der Waals surface area contributed by atoms with Crippen molar-refractivity contribution in [2.75, 3.05) is 33.4 Å². The lowest BCUT2D eigenvalue weighted by atomic mass is 9.90. The van der Waals surface area contributed by atoms with Gasteiger partial charge in [-0.1, -0.05) is 12.1 Å². The van der Waals surface area contributed by atoms with E-state index in [-0.39, 0.29) is 12.5 Å². The molecule has 1 amide bonds. The number of hydrogen-bond donors (Lipinski definition) is 0. The maximum Gasteiger partial charge on any atom is 0.248 e. The Morgan fingerprint density at radius 2 is 1.91 bits per heavy atom. The lowest BCUT2D eigenvalue weighted by Crippen LogP contribution is -2.40. The van der Waals surface area contributed by atoms with Crippen LogP contribution in [0.2, 0.25) is 0 Å². The third kappa shape index (κ3) is 5.02. The van der Waals surface area contributed by atoms with Crippen molar-refractivity contribution in [3.63, 3.8) is 0 Å². The largest absolute Gasteiger partial charge is 0.497 e. The topological polar surface area (TPSA) is 38.8 Å². The smallest absolute Gasteiger partial charge is 0.248 e. The van der Waals surface area contributed by atoms with Crippen molar-refractivity contribution in [1.29, 1.82) is 0 Å². The Morgan fingerprint density at radius 3 is 2.50 bits per heavy atom. The van der Waals surface area contributed by atoms with Crippen molar-refractivity contribution in [2.45, 2.75) is 32.6 Å². The van der Waals surface area contributed by atoms with E-state index in [0.29, 0.717) is 6.61 Å². The fourth-order valence-electron chi connectivity index (χ4n) is 2.91. The minimum absolute atomic E-state index is 0.135. The molecule has 2 rings (SSSR count). The van der Waals surface area contributed by atoms with Crippen LogP contribution in [-0.4, -0.2) is 44.2 Å². The van der Waals surface area contributed by atoms with Crippen LogP contribution in [0.15, 0.2) is 24.3 Å². The first-order valence-electron chi connectivity index (χ1n) is 8.21. The molecular formula is C18H27NO3. The van der Waals surface area contributed by atoms with Gasteiger partial charge in [0.15, 0.2) is 0 Å². The Bertz CT molecular complexity index is 450. The number of likely N-dealkylation sites (tertiary alicyclic amines) is 1. The molecule has 122 valence electrons. The van der Waals surface area contributed by atoms with Crippen LogP contribution in [0.5, 0.6) is 5.75 Å². The molecule has 22 heavy (non-hydrogen) atoms. The summed E-state index contributed by atoms with van der Waals surface area (Å²) >= 11 is 0. The predicted octanol–water partition coefficient (Wildman–Crippen LogP) is 2.90. The van der Waals surface area contributed by atoms with Gasteiger partial charge in [-0.25, -0.2) is 0 Å². The Balaban J connectivity index is 1.69. The molecule has 4 heteroatoms. The van der Waals surface area contributed by atoms with Gasteiger partial charge in [0.05, 0.1) is 7.11 Å². The van der Waals surface area contributed by atoms with Gasteiger partial charge in [-0.2, -0.15) is 0 Å². The maximum absolute atomic E-state index is 11.9. The number of rotatable bonds is 7. The van der Waals surface area contributed by atoms with Crippen LogP contribution in [0, 0.1) is 5.92 Å². The summed E-state index contributed by atoms with van der Waals surface area (Å²) in [6.45, 7) is 4.49. The summed E-state index contributed by atoms with van der Waals surface area (Å²) in [7, 11) is 1.69. The number of amides is 1. The highest BCUT2D eigenvalue weighted by Crippen LogP contribution is 2.23. The highest BCUT2D eigenvalue weighted by molar-refractivity contribution is 5.77. The quantitative estimate of drug-likeness (QED) is 0.777. The lowest BCUT2D eigenvalue weighted by Gasteiger charge is -2.32. The second-order valence-electron chi connectivity index (χ2n) is 5.85. The fraction of sp³-hybridized carbons (Fsp3) is 0.611. The molecule has 0 spiro atoms. The molecule has 1 aromatic rings. The molecule has 1 fully saturated rings. The molecule has 0 radical (unpaired) electrons. The number of ether oxygens (including phenoxy) is 2. The predicted molar refractivity (Wildman–Crippen MR) is 87.1 cm³/mol. The molecule has 0 atom stereocenters. The van der Waals surface area contributed by atoms with E-state index in [2.05, 4.69) is 12.1 Å². The number of nitrogens with zero attached hydrogens (tertiary/aromatic N) is 1. The Labute approximate surface area is 133 Å². The van der Waals surface area contributed by atoms with E-state index >= 15 is 0 Å². The third-order valence-electron chi connectivity index (χ3n) is 4.40. The zero-order valence-electron chi connectivity index (χ0n) is 13.7. The lowest BCUT2D eigenvalue weighted by molar-refractivity contribution is -0.137. The van der Waals surface area contributed by atoms with E-state index in [0.717, 1.165) is 44.0 Å². The number of carbonyl (C=O) groups is 1. The van der Waals surface area contributed by atoms with Gasteiger partial charge in [0.25, 0.3) is 0 Å². The zero-order chi connectivity index (χ0) is 15.8. The first kappa shape index (κ1) is 16.8. The molecule has 1 heterocycles. The van der Waals surface area contributed by atoms with Gasteiger partial charge in [-0.3, -0.25) is 4.79 Å². The van der Waals surface area contributed by atoms with Crippen molar-refractivity contribution in [3.05, 3.63) is 29.8 Å². The summed E-state index contributed by atoms with van der Waals surface area (Å²) in [5.41, 5.74) is 1.36. The van der Waals surface area contributed by atoms with E-state index in [9.17, 15) is 4.79 Å². The molecule has 0 bridgehead atoms. The minimum atomic E-state index is 0.135. The van der Waals surface area contributed by atoms with Gasteiger partial charge in [-0.05, 0) is 56.2 Å². The number of aryl methyl sites for hydroxylation is 1. The molecule has 0 unspecified atom stereocenters. The van der Waals surface area contributed by atoms with Crippen molar-refractivity contribution in [1.82, 2.24) is 4.90 Å². The molecule has 0 aromatic heterocycles. The van der Waals surface area contributed by atoms with E-state index in [1.165, 1.54) is 12.0 Å². The van der Waals surface area contributed by atoms with E-state index in [1.807, 2.05) is 24.0 Å². The summed E-state index contributed by atoms with van der Waals surface area (Å²) in [4.78, 5) is 13.8. The van der Waals surface area contributed by atoms with Gasteiger partial charge in [0, 0.05) is 19.7 Å². The van der Waals surface area contributed by atoms with Crippen LogP contribution in [0.25, 0.3) is 0 Å². The standard InChI is InChI=1S/C18H27NO3/c1-3-22-14-18(20)19-12-10-16(11-13-19)5-4-15-6-8-17(21-2)9-7-15/h6-9,16H,3-5,10-14H2,1-2H3.